The molecule has 0 amide bonds. The average molecular weight is 229 g/mol. The molecule has 0 saturated carbocycles. The van der Waals surface area contributed by atoms with Gasteiger partial charge in [0.2, 0.25) is 0 Å². The second-order valence-electron chi connectivity index (χ2n) is 5.62. The van der Waals surface area contributed by atoms with Crippen molar-refractivity contribution in [3.05, 3.63) is 35.4 Å². The lowest BCUT2D eigenvalue weighted by Crippen LogP contribution is -2.49. The van der Waals surface area contributed by atoms with E-state index in [-0.39, 0.29) is 5.92 Å². The molecule has 1 aromatic carbocycles. The topological polar surface area (TPSA) is 44.0 Å². The van der Waals surface area contributed by atoms with Crippen LogP contribution in [0.1, 0.15) is 31.9 Å². The van der Waals surface area contributed by atoms with Gasteiger partial charge >= 0.3 is 0 Å². The number of nitriles is 1. The Morgan fingerprint density at radius 3 is 2.12 bits per heavy atom. The average Bonchev–Trinajstić information content (AvgIpc) is 2.68. The molecule has 2 nitrogen and oxygen atoms in total. The van der Waals surface area contributed by atoms with E-state index in [0.717, 1.165) is 0 Å². The fourth-order valence-corrected chi connectivity index (χ4v) is 2.72. The Labute approximate surface area is 103 Å². The molecular formula is C15H19NO. The van der Waals surface area contributed by atoms with Crippen LogP contribution in [0.15, 0.2) is 24.3 Å². The van der Waals surface area contributed by atoms with Gasteiger partial charge in [-0.25, -0.2) is 0 Å². The molecule has 90 valence electrons. The Morgan fingerprint density at radius 1 is 1.29 bits per heavy atom. The fourth-order valence-electron chi connectivity index (χ4n) is 2.72. The molecule has 0 saturated heterocycles. The number of hydrogen-bond acceptors (Lipinski definition) is 2. The lowest BCUT2D eigenvalue weighted by molar-refractivity contribution is -0.0724. The maximum Gasteiger partial charge on any atom is 0.0940 e. The zero-order valence-corrected chi connectivity index (χ0v) is 10.7. The molecular weight excluding hydrogens is 210 g/mol. The Kier molecular flexibility index (Phi) is 2.75. The van der Waals surface area contributed by atoms with Gasteiger partial charge in [0.25, 0.3) is 0 Å². The smallest absolute Gasteiger partial charge is 0.0940 e. The number of rotatable bonds is 2. The normalized spacial score (nSPS) is 20.7. The van der Waals surface area contributed by atoms with Gasteiger partial charge in [0, 0.05) is 0 Å². The van der Waals surface area contributed by atoms with E-state index in [1.807, 2.05) is 26.0 Å². The second kappa shape index (κ2) is 3.85. The summed E-state index contributed by atoms with van der Waals surface area (Å²) in [5.41, 5.74) is 0.774. The minimum absolute atomic E-state index is 0.0662. The summed E-state index contributed by atoms with van der Waals surface area (Å²) in [4.78, 5) is 0. The van der Waals surface area contributed by atoms with Gasteiger partial charge in [-0.3, -0.25) is 0 Å². The largest absolute Gasteiger partial charge is 0.388 e. The molecule has 1 N–H and O–H groups in total. The van der Waals surface area contributed by atoms with E-state index in [4.69, 9.17) is 0 Å². The lowest BCUT2D eigenvalue weighted by atomic mass is 9.66. The van der Waals surface area contributed by atoms with E-state index >= 15 is 0 Å². The summed E-state index contributed by atoms with van der Waals surface area (Å²) in [5, 5.41) is 20.3. The highest BCUT2D eigenvalue weighted by Gasteiger charge is 2.52. The van der Waals surface area contributed by atoms with Gasteiger partial charge in [0.15, 0.2) is 0 Å². The van der Waals surface area contributed by atoms with Crippen LogP contribution in [0.2, 0.25) is 0 Å². The quantitative estimate of drug-likeness (QED) is 0.847. The van der Waals surface area contributed by atoms with Crippen molar-refractivity contribution in [3.8, 4) is 6.07 Å². The van der Waals surface area contributed by atoms with Crippen molar-refractivity contribution in [2.75, 3.05) is 0 Å². The Hall–Kier alpha value is -1.33. The van der Waals surface area contributed by atoms with Gasteiger partial charge < -0.3 is 5.11 Å². The van der Waals surface area contributed by atoms with Gasteiger partial charge in [-0.2, -0.15) is 5.26 Å². The summed E-state index contributed by atoms with van der Waals surface area (Å²) < 4.78 is 0. The second-order valence-corrected chi connectivity index (χ2v) is 5.62. The van der Waals surface area contributed by atoms with Crippen LogP contribution in [-0.2, 0) is 12.8 Å². The predicted octanol–water partition coefficient (Wildman–Crippen LogP) is 2.70. The summed E-state index contributed by atoms with van der Waals surface area (Å²) in [6.45, 7) is 5.75. The number of aliphatic hydroxyl groups is 1. The highest BCUT2D eigenvalue weighted by atomic mass is 16.3. The molecule has 1 aromatic rings. The van der Waals surface area contributed by atoms with Gasteiger partial charge in [-0.1, -0.05) is 38.1 Å². The van der Waals surface area contributed by atoms with Crippen molar-refractivity contribution in [1.29, 1.82) is 5.26 Å². The molecule has 0 fully saturated rings. The number of hydrogen-bond donors (Lipinski definition) is 1. The van der Waals surface area contributed by atoms with E-state index in [0.29, 0.717) is 12.8 Å². The fraction of sp³-hybridized carbons (Fsp3) is 0.533. The van der Waals surface area contributed by atoms with Crippen molar-refractivity contribution in [1.82, 2.24) is 0 Å². The molecule has 1 aliphatic carbocycles. The summed E-state index contributed by atoms with van der Waals surface area (Å²) in [5.74, 6) is 0.0662. The van der Waals surface area contributed by atoms with Gasteiger partial charge in [-0.05, 0) is 36.8 Å². The third kappa shape index (κ3) is 1.66. The summed E-state index contributed by atoms with van der Waals surface area (Å²) in [6.07, 6.45) is 1.32. The Balaban J connectivity index is 2.43. The SMILES string of the molecule is CC(C)C(C)(O)C1(C#N)Cc2ccccc2C1. The summed E-state index contributed by atoms with van der Waals surface area (Å²) in [7, 11) is 0. The van der Waals surface area contributed by atoms with Gasteiger partial charge in [0.05, 0.1) is 17.1 Å². The first kappa shape index (κ1) is 12.1. The zero-order valence-electron chi connectivity index (χ0n) is 10.7. The summed E-state index contributed by atoms with van der Waals surface area (Å²) >= 11 is 0. The molecule has 0 radical (unpaired) electrons. The minimum atomic E-state index is -0.958. The molecule has 17 heavy (non-hydrogen) atoms. The first-order valence-corrected chi connectivity index (χ1v) is 6.13. The van der Waals surface area contributed by atoms with Crippen LogP contribution in [0, 0.1) is 22.7 Å². The van der Waals surface area contributed by atoms with Crippen LogP contribution >= 0.6 is 0 Å². The molecule has 0 spiro atoms. The van der Waals surface area contributed by atoms with Crippen molar-refractivity contribution < 1.29 is 5.11 Å². The van der Waals surface area contributed by atoms with Gasteiger partial charge in [-0.15, -0.1) is 0 Å². The van der Waals surface area contributed by atoms with Crippen molar-refractivity contribution >= 4 is 0 Å². The predicted molar refractivity (Wildman–Crippen MR) is 67.4 cm³/mol. The third-order valence-electron chi connectivity index (χ3n) is 4.41. The van der Waals surface area contributed by atoms with E-state index in [9.17, 15) is 10.4 Å². The first-order valence-electron chi connectivity index (χ1n) is 6.13. The summed E-state index contributed by atoms with van der Waals surface area (Å²) in [6, 6.07) is 10.5. The van der Waals surface area contributed by atoms with Crippen LogP contribution < -0.4 is 0 Å². The van der Waals surface area contributed by atoms with E-state index < -0.39 is 11.0 Å². The lowest BCUT2D eigenvalue weighted by Gasteiger charge is -2.40. The monoisotopic (exact) mass is 229 g/mol. The number of benzene rings is 1. The minimum Gasteiger partial charge on any atom is -0.388 e. The van der Waals surface area contributed by atoms with Crippen LogP contribution in [0.5, 0.6) is 0 Å². The van der Waals surface area contributed by atoms with Crippen LogP contribution in [0.25, 0.3) is 0 Å². The maximum absolute atomic E-state index is 10.7. The van der Waals surface area contributed by atoms with E-state index in [2.05, 4.69) is 18.2 Å². The van der Waals surface area contributed by atoms with Crippen molar-refractivity contribution in [2.24, 2.45) is 11.3 Å². The molecule has 0 aromatic heterocycles. The molecule has 0 heterocycles. The number of nitrogens with zero attached hydrogens (tertiary/aromatic N) is 1. The molecule has 2 rings (SSSR count). The van der Waals surface area contributed by atoms with E-state index in [1.54, 1.807) is 6.92 Å². The van der Waals surface area contributed by atoms with Crippen LogP contribution in [-0.4, -0.2) is 10.7 Å². The van der Waals surface area contributed by atoms with E-state index in [1.165, 1.54) is 11.1 Å². The molecule has 0 aliphatic heterocycles. The zero-order chi connectivity index (χ0) is 12.7. The Morgan fingerprint density at radius 2 is 1.76 bits per heavy atom. The molecule has 0 bridgehead atoms. The van der Waals surface area contributed by atoms with Crippen LogP contribution in [0.4, 0.5) is 0 Å². The van der Waals surface area contributed by atoms with Crippen LogP contribution in [0.3, 0.4) is 0 Å². The molecule has 1 aliphatic rings. The maximum atomic E-state index is 10.7. The highest BCUT2D eigenvalue weighted by molar-refractivity contribution is 5.39. The number of fused-ring (bicyclic) bond motifs is 1. The van der Waals surface area contributed by atoms with Crippen molar-refractivity contribution in [2.45, 2.75) is 39.2 Å². The van der Waals surface area contributed by atoms with Gasteiger partial charge in [0.1, 0.15) is 0 Å². The molecule has 2 heteroatoms. The first-order chi connectivity index (χ1) is 7.93. The standard InChI is InChI=1S/C15H19NO/c1-11(2)14(3,17)15(10-16)8-12-6-4-5-7-13(12)9-15/h4-7,11,17H,8-9H2,1-3H3. The van der Waals surface area contributed by atoms with Crippen molar-refractivity contribution in [3.63, 3.8) is 0 Å². The Bertz CT molecular complexity index is 443. The molecule has 1 unspecified atom stereocenters. The third-order valence-corrected chi connectivity index (χ3v) is 4.41. The highest BCUT2D eigenvalue weighted by Crippen LogP contribution is 2.47. The molecule has 1 atom stereocenters.